The first kappa shape index (κ1) is 8.65. The molecule has 1 aliphatic rings. The van der Waals surface area contributed by atoms with Crippen LogP contribution in [0.15, 0.2) is 0 Å². The molecule has 0 aromatic carbocycles. The first-order valence-electron chi connectivity index (χ1n) is 4.80. The Morgan fingerprint density at radius 3 is 2.27 bits per heavy atom. The lowest BCUT2D eigenvalue weighted by Gasteiger charge is -2.15. The van der Waals surface area contributed by atoms with Crippen LogP contribution >= 0.6 is 0 Å². The van der Waals surface area contributed by atoms with Crippen LogP contribution in [0.2, 0.25) is 0 Å². The van der Waals surface area contributed by atoms with Crippen molar-refractivity contribution in [2.45, 2.75) is 46.0 Å². The van der Waals surface area contributed by atoms with Crippen LogP contribution < -0.4 is 0 Å². The molecular formula is C11H18. The van der Waals surface area contributed by atoms with Gasteiger partial charge in [-0.25, -0.2) is 0 Å². The molecule has 0 N–H and O–H groups in total. The van der Waals surface area contributed by atoms with Crippen molar-refractivity contribution in [3.63, 3.8) is 0 Å². The molecule has 0 atom stereocenters. The molecule has 0 bridgehead atoms. The molecule has 0 unspecified atom stereocenters. The third-order valence-electron chi connectivity index (χ3n) is 2.18. The highest BCUT2D eigenvalue weighted by molar-refractivity contribution is 5.05. The van der Waals surface area contributed by atoms with Crippen molar-refractivity contribution in [1.82, 2.24) is 0 Å². The molecule has 0 heteroatoms. The molecule has 0 aliphatic heterocycles. The Labute approximate surface area is 70.4 Å². The Morgan fingerprint density at radius 1 is 1.09 bits per heavy atom. The molecule has 0 aromatic rings. The van der Waals surface area contributed by atoms with Crippen molar-refractivity contribution < 1.29 is 0 Å². The average Bonchev–Trinajstić information content (AvgIpc) is 2.03. The molecule has 1 rings (SSSR count). The van der Waals surface area contributed by atoms with Gasteiger partial charge in [0.1, 0.15) is 0 Å². The SMILES string of the molecule is CC(C)C#CC1CCCCC1. The average molecular weight is 150 g/mol. The van der Waals surface area contributed by atoms with E-state index in [0.29, 0.717) is 5.92 Å². The van der Waals surface area contributed by atoms with Gasteiger partial charge in [0.25, 0.3) is 0 Å². The Hall–Kier alpha value is -0.440. The van der Waals surface area contributed by atoms with Crippen molar-refractivity contribution in [2.24, 2.45) is 11.8 Å². The fourth-order valence-corrected chi connectivity index (χ4v) is 1.53. The van der Waals surface area contributed by atoms with Gasteiger partial charge in [0, 0.05) is 11.8 Å². The zero-order chi connectivity index (χ0) is 8.10. The molecule has 0 radical (unpaired) electrons. The largest absolute Gasteiger partial charge is 0.100 e. The fourth-order valence-electron chi connectivity index (χ4n) is 1.53. The van der Waals surface area contributed by atoms with Crippen LogP contribution in [0.4, 0.5) is 0 Å². The second-order valence-electron chi connectivity index (χ2n) is 3.78. The van der Waals surface area contributed by atoms with Gasteiger partial charge in [-0.1, -0.05) is 39.0 Å². The first-order valence-corrected chi connectivity index (χ1v) is 4.80. The second kappa shape index (κ2) is 4.44. The smallest absolute Gasteiger partial charge is 0.0203 e. The van der Waals surface area contributed by atoms with Gasteiger partial charge in [0.15, 0.2) is 0 Å². The molecule has 0 saturated heterocycles. The molecule has 0 amide bonds. The predicted octanol–water partition coefficient (Wildman–Crippen LogP) is 3.23. The van der Waals surface area contributed by atoms with Gasteiger partial charge in [-0.2, -0.15) is 0 Å². The molecule has 0 heterocycles. The van der Waals surface area contributed by atoms with Crippen LogP contribution in [-0.2, 0) is 0 Å². The minimum Gasteiger partial charge on any atom is -0.100 e. The van der Waals surface area contributed by atoms with Crippen molar-refractivity contribution in [3.8, 4) is 11.8 Å². The van der Waals surface area contributed by atoms with Crippen molar-refractivity contribution >= 4 is 0 Å². The summed E-state index contributed by atoms with van der Waals surface area (Å²) in [5, 5.41) is 0. The van der Waals surface area contributed by atoms with E-state index in [4.69, 9.17) is 0 Å². The predicted molar refractivity (Wildman–Crippen MR) is 49.2 cm³/mol. The third-order valence-corrected chi connectivity index (χ3v) is 2.18. The highest BCUT2D eigenvalue weighted by atomic mass is 14.1. The van der Waals surface area contributed by atoms with Crippen LogP contribution in [0.25, 0.3) is 0 Å². The second-order valence-corrected chi connectivity index (χ2v) is 3.78. The highest BCUT2D eigenvalue weighted by Crippen LogP contribution is 2.22. The van der Waals surface area contributed by atoms with Crippen molar-refractivity contribution in [2.75, 3.05) is 0 Å². The lowest BCUT2D eigenvalue weighted by molar-refractivity contribution is 0.430. The minimum atomic E-state index is 0.553. The van der Waals surface area contributed by atoms with Gasteiger partial charge in [0.05, 0.1) is 0 Å². The van der Waals surface area contributed by atoms with Crippen LogP contribution in [0.1, 0.15) is 46.0 Å². The minimum absolute atomic E-state index is 0.553. The highest BCUT2D eigenvalue weighted by Gasteiger charge is 2.09. The Morgan fingerprint density at radius 2 is 1.73 bits per heavy atom. The monoisotopic (exact) mass is 150 g/mol. The van der Waals surface area contributed by atoms with Crippen molar-refractivity contribution in [1.29, 1.82) is 0 Å². The van der Waals surface area contributed by atoms with E-state index in [-0.39, 0.29) is 0 Å². The summed E-state index contributed by atoms with van der Waals surface area (Å²) in [5.41, 5.74) is 0. The van der Waals surface area contributed by atoms with Gasteiger partial charge < -0.3 is 0 Å². The summed E-state index contributed by atoms with van der Waals surface area (Å²) in [4.78, 5) is 0. The lowest BCUT2D eigenvalue weighted by Crippen LogP contribution is -2.03. The van der Waals surface area contributed by atoms with Crippen LogP contribution in [0, 0.1) is 23.7 Å². The molecule has 62 valence electrons. The molecule has 1 saturated carbocycles. The summed E-state index contributed by atoms with van der Waals surface area (Å²) in [6.45, 7) is 4.33. The summed E-state index contributed by atoms with van der Waals surface area (Å²) in [6, 6.07) is 0. The van der Waals surface area contributed by atoms with E-state index in [1.807, 2.05) is 0 Å². The Kier molecular flexibility index (Phi) is 3.49. The number of hydrogen-bond donors (Lipinski definition) is 0. The molecule has 1 fully saturated rings. The zero-order valence-corrected chi connectivity index (χ0v) is 7.69. The molecule has 11 heavy (non-hydrogen) atoms. The first-order chi connectivity index (χ1) is 5.29. The maximum atomic E-state index is 3.37. The van der Waals surface area contributed by atoms with Crippen LogP contribution in [-0.4, -0.2) is 0 Å². The Balaban J connectivity index is 2.31. The third kappa shape index (κ3) is 3.46. The van der Waals surface area contributed by atoms with Gasteiger partial charge >= 0.3 is 0 Å². The normalized spacial score (nSPS) is 19.5. The summed E-state index contributed by atoms with van der Waals surface area (Å²) in [6.07, 6.45) is 6.92. The fraction of sp³-hybridized carbons (Fsp3) is 0.818. The van der Waals surface area contributed by atoms with Gasteiger partial charge in [-0.15, -0.1) is 5.92 Å². The maximum Gasteiger partial charge on any atom is 0.0203 e. The summed E-state index contributed by atoms with van der Waals surface area (Å²) >= 11 is 0. The topological polar surface area (TPSA) is 0 Å². The Bertz CT molecular complexity index is 151. The molecule has 0 spiro atoms. The molecule has 0 aromatic heterocycles. The number of hydrogen-bond acceptors (Lipinski definition) is 0. The van der Waals surface area contributed by atoms with Gasteiger partial charge in [-0.3, -0.25) is 0 Å². The van der Waals surface area contributed by atoms with E-state index in [1.165, 1.54) is 32.1 Å². The van der Waals surface area contributed by atoms with Gasteiger partial charge in [0.2, 0.25) is 0 Å². The number of rotatable bonds is 0. The van der Waals surface area contributed by atoms with E-state index in [0.717, 1.165) is 5.92 Å². The summed E-state index contributed by atoms with van der Waals surface area (Å²) < 4.78 is 0. The van der Waals surface area contributed by atoms with E-state index in [9.17, 15) is 0 Å². The zero-order valence-electron chi connectivity index (χ0n) is 7.69. The standard InChI is InChI=1S/C11H18/c1-10(2)8-9-11-6-4-3-5-7-11/h10-11H,3-7H2,1-2H3. The van der Waals surface area contributed by atoms with E-state index in [1.54, 1.807) is 0 Å². The molecular weight excluding hydrogens is 132 g/mol. The lowest BCUT2D eigenvalue weighted by atomic mass is 9.89. The maximum absolute atomic E-state index is 3.37. The molecule has 0 nitrogen and oxygen atoms in total. The van der Waals surface area contributed by atoms with E-state index in [2.05, 4.69) is 25.7 Å². The molecule has 1 aliphatic carbocycles. The van der Waals surface area contributed by atoms with E-state index < -0.39 is 0 Å². The van der Waals surface area contributed by atoms with Gasteiger partial charge in [-0.05, 0) is 12.8 Å². The summed E-state index contributed by atoms with van der Waals surface area (Å²) in [5.74, 6) is 7.92. The van der Waals surface area contributed by atoms with Crippen LogP contribution in [0.5, 0.6) is 0 Å². The van der Waals surface area contributed by atoms with Crippen LogP contribution in [0.3, 0.4) is 0 Å². The quantitative estimate of drug-likeness (QED) is 0.465. The van der Waals surface area contributed by atoms with Crippen molar-refractivity contribution in [3.05, 3.63) is 0 Å². The van der Waals surface area contributed by atoms with E-state index >= 15 is 0 Å². The summed E-state index contributed by atoms with van der Waals surface area (Å²) in [7, 11) is 0.